The van der Waals surface area contributed by atoms with Crippen LogP contribution in [0.2, 0.25) is 0 Å². The van der Waals surface area contributed by atoms with Crippen molar-refractivity contribution in [3.8, 4) is 0 Å². The minimum absolute atomic E-state index is 0.0322. The zero-order valence-electron chi connectivity index (χ0n) is 28.9. The van der Waals surface area contributed by atoms with E-state index in [4.69, 9.17) is 18.5 Å². The van der Waals surface area contributed by atoms with Crippen LogP contribution >= 0.6 is 7.82 Å². The van der Waals surface area contributed by atoms with Gasteiger partial charge in [-0.05, 0) is 38.5 Å². The van der Waals surface area contributed by atoms with Gasteiger partial charge in [0.05, 0.1) is 27.7 Å². The first kappa shape index (κ1) is 42.8. The second-order valence-corrected chi connectivity index (χ2v) is 14.4. The molecule has 0 saturated heterocycles. The summed E-state index contributed by atoms with van der Waals surface area (Å²) < 4.78 is 33.9. The molecule has 0 fully saturated rings. The zero-order valence-corrected chi connectivity index (χ0v) is 29.8. The molecular weight excluding hydrogens is 581 g/mol. The Morgan fingerprint density at radius 3 is 1.70 bits per heavy atom. The fraction of sp³-hybridized carbons (Fsp3) is 0.882. The Bertz CT molecular complexity index is 784. The van der Waals surface area contributed by atoms with E-state index >= 15 is 0 Å². The third-order valence-corrected chi connectivity index (χ3v) is 8.28. The summed E-state index contributed by atoms with van der Waals surface area (Å²) >= 11 is 0. The number of allylic oxidation sites excluding steroid dienone is 2. The van der Waals surface area contributed by atoms with Gasteiger partial charge in [-0.15, -0.1) is 0 Å². The van der Waals surface area contributed by atoms with Crippen LogP contribution in [0.25, 0.3) is 0 Å². The highest BCUT2D eigenvalue weighted by atomic mass is 31.2. The molecule has 1 N–H and O–H groups in total. The van der Waals surface area contributed by atoms with Crippen LogP contribution in [0.4, 0.5) is 0 Å². The number of esters is 2. The van der Waals surface area contributed by atoms with Crippen LogP contribution in [0, 0.1) is 0 Å². The second-order valence-electron chi connectivity index (χ2n) is 12.9. The smallest absolute Gasteiger partial charge is 0.462 e. The highest BCUT2D eigenvalue weighted by Crippen LogP contribution is 2.43. The number of quaternary nitrogens is 1. The Morgan fingerprint density at radius 2 is 1.16 bits per heavy atom. The molecule has 0 aliphatic heterocycles. The lowest BCUT2D eigenvalue weighted by molar-refractivity contribution is -0.870. The normalized spacial score (nSPS) is 14.0. The lowest BCUT2D eigenvalue weighted by Crippen LogP contribution is -2.37. The van der Waals surface area contributed by atoms with Crippen LogP contribution in [0.1, 0.15) is 142 Å². The van der Waals surface area contributed by atoms with Gasteiger partial charge >= 0.3 is 19.8 Å². The van der Waals surface area contributed by atoms with Crippen LogP contribution in [0.3, 0.4) is 0 Å². The maximum atomic E-state index is 12.5. The molecule has 1 unspecified atom stereocenters. The molecule has 9 nitrogen and oxygen atoms in total. The summed E-state index contributed by atoms with van der Waals surface area (Å²) in [7, 11) is 1.47. The summed E-state index contributed by atoms with van der Waals surface area (Å²) in [6.07, 6.45) is 24.2. The SMILES string of the molecule is CCCCCC/C=C\CCCCCCCC(=O)O[C@H](COC(=O)CCCCCCCCC)COP(=O)(O)OCC[N+](C)(C)C. The predicted molar refractivity (Wildman–Crippen MR) is 178 cm³/mol. The van der Waals surface area contributed by atoms with Gasteiger partial charge < -0.3 is 18.9 Å². The Balaban J connectivity index is 4.48. The molecule has 2 atom stereocenters. The summed E-state index contributed by atoms with van der Waals surface area (Å²) in [4.78, 5) is 34.9. The monoisotopic (exact) mass is 648 g/mol. The maximum Gasteiger partial charge on any atom is 0.472 e. The van der Waals surface area contributed by atoms with Crippen LogP contribution in [-0.4, -0.2) is 74.9 Å². The average molecular weight is 649 g/mol. The van der Waals surface area contributed by atoms with Gasteiger partial charge in [0.2, 0.25) is 0 Å². The number of hydrogen-bond acceptors (Lipinski definition) is 7. The van der Waals surface area contributed by atoms with Gasteiger partial charge in [-0.2, -0.15) is 0 Å². The van der Waals surface area contributed by atoms with Gasteiger partial charge in [-0.25, -0.2) is 4.57 Å². The fourth-order valence-corrected chi connectivity index (χ4v) is 5.22. The number of likely N-dealkylation sites (N-methyl/N-ethyl adjacent to an activating group) is 1. The highest BCUT2D eigenvalue weighted by Gasteiger charge is 2.27. The summed E-state index contributed by atoms with van der Waals surface area (Å²) in [6.45, 7) is 4.32. The molecule has 0 aliphatic carbocycles. The van der Waals surface area contributed by atoms with E-state index in [0.717, 1.165) is 51.4 Å². The lowest BCUT2D eigenvalue weighted by atomic mass is 10.1. The van der Waals surface area contributed by atoms with Gasteiger partial charge in [0, 0.05) is 12.8 Å². The Hall–Kier alpha value is -1.25. The van der Waals surface area contributed by atoms with Crippen molar-refractivity contribution in [1.82, 2.24) is 0 Å². The number of phosphoric ester groups is 1. The van der Waals surface area contributed by atoms with E-state index in [0.29, 0.717) is 17.4 Å². The Morgan fingerprint density at radius 1 is 0.682 bits per heavy atom. The topological polar surface area (TPSA) is 108 Å². The molecule has 0 radical (unpaired) electrons. The first-order valence-corrected chi connectivity index (χ1v) is 18.9. The number of rotatable bonds is 31. The van der Waals surface area contributed by atoms with E-state index in [9.17, 15) is 19.0 Å². The van der Waals surface area contributed by atoms with Gasteiger partial charge in [0.25, 0.3) is 0 Å². The third kappa shape index (κ3) is 30.8. The molecule has 0 amide bonds. The van der Waals surface area contributed by atoms with E-state index in [-0.39, 0.29) is 32.0 Å². The number of nitrogens with zero attached hydrogens (tertiary/aromatic N) is 1. The molecule has 260 valence electrons. The van der Waals surface area contributed by atoms with E-state index in [1.165, 1.54) is 57.8 Å². The van der Waals surface area contributed by atoms with Crippen LogP contribution in [0.5, 0.6) is 0 Å². The second kappa shape index (κ2) is 28.0. The van der Waals surface area contributed by atoms with Crippen molar-refractivity contribution >= 4 is 19.8 Å². The number of hydrogen-bond donors (Lipinski definition) is 1. The molecule has 10 heteroatoms. The maximum absolute atomic E-state index is 12.5. The number of carbonyl (C=O) groups excluding carboxylic acids is 2. The van der Waals surface area contributed by atoms with Gasteiger partial charge in [0.15, 0.2) is 6.10 Å². The lowest BCUT2D eigenvalue weighted by Gasteiger charge is -2.24. The van der Waals surface area contributed by atoms with Crippen molar-refractivity contribution in [3.05, 3.63) is 12.2 Å². The molecule has 0 aromatic heterocycles. The van der Waals surface area contributed by atoms with Crippen molar-refractivity contribution in [1.29, 1.82) is 0 Å². The summed E-state index contributed by atoms with van der Waals surface area (Å²) in [5.41, 5.74) is 0. The van der Waals surface area contributed by atoms with Gasteiger partial charge in [-0.1, -0.05) is 103 Å². The van der Waals surface area contributed by atoms with Gasteiger partial charge in [0.1, 0.15) is 19.8 Å². The quantitative estimate of drug-likeness (QED) is 0.0262. The van der Waals surface area contributed by atoms with Crippen LogP contribution in [-0.2, 0) is 32.7 Å². The van der Waals surface area contributed by atoms with Crippen molar-refractivity contribution in [2.24, 2.45) is 0 Å². The van der Waals surface area contributed by atoms with Crippen molar-refractivity contribution in [3.63, 3.8) is 0 Å². The molecule has 0 rings (SSSR count). The van der Waals surface area contributed by atoms with Crippen LogP contribution < -0.4 is 0 Å². The number of phosphoric acid groups is 1. The number of carbonyl (C=O) groups is 2. The largest absolute Gasteiger partial charge is 0.472 e. The first-order valence-electron chi connectivity index (χ1n) is 17.4. The molecular formula is C34H67NO8P+. The van der Waals surface area contributed by atoms with E-state index in [2.05, 4.69) is 26.0 Å². The average Bonchev–Trinajstić information content (AvgIpc) is 2.95. The van der Waals surface area contributed by atoms with Crippen molar-refractivity contribution in [2.45, 2.75) is 148 Å². The fourth-order valence-electron chi connectivity index (χ4n) is 4.48. The molecule has 0 saturated carbocycles. The molecule has 44 heavy (non-hydrogen) atoms. The number of ether oxygens (including phenoxy) is 2. The molecule has 0 bridgehead atoms. The summed E-state index contributed by atoms with van der Waals surface area (Å²) in [6, 6.07) is 0. The first-order chi connectivity index (χ1) is 21.0. The van der Waals surface area contributed by atoms with E-state index in [1.807, 2.05) is 21.1 Å². The molecule has 0 aliphatic rings. The summed E-state index contributed by atoms with van der Waals surface area (Å²) in [5.74, 6) is -0.816. The third-order valence-electron chi connectivity index (χ3n) is 7.30. The summed E-state index contributed by atoms with van der Waals surface area (Å²) in [5, 5.41) is 0. The molecule has 0 heterocycles. The minimum atomic E-state index is -4.35. The van der Waals surface area contributed by atoms with Crippen LogP contribution in [0.15, 0.2) is 12.2 Å². The predicted octanol–water partition coefficient (Wildman–Crippen LogP) is 8.68. The Kier molecular flexibility index (Phi) is 27.2. The molecule has 0 aromatic carbocycles. The zero-order chi connectivity index (χ0) is 32.9. The Labute approximate surface area is 269 Å². The van der Waals surface area contributed by atoms with Crippen molar-refractivity contribution in [2.75, 3.05) is 47.5 Å². The molecule has 0 aromatic rings. The standard InChI is InChI=1S/C34H66NO8P/c1-6-8-10-12-14-15-16-17-18-19-21-23-25-27-34(37)43-32(31-42-44(38,39)41-29-28-35(3,4)5)30-40-33(36)26-24-22-20-13-11-9-7-2/h15-16,32H,6-14,17-31H2,1-5H3/p+1/b16-15-/t32-/m1/s1. The van der Waals surface area contributed by atoms with E-state index in [1.54, 1.807) is 0 Å². The highest BCUT2D eigenvalue weighted by molar-refractivity contribution is 7.47. The minimum Gasteiger partial charge on any atom is -0.462 e. The number of unbranched alkanes of at least 4 members (excludes halogenated alkanes) is 15. The van der Waals surface area contributed by atoms with E-state index < -0.39 is 26.5 Å². The van der Waals surface area contributed by atoms with Crippen molar-refractivity contribution < 1.29 is 42.1 Å². The molecule has 0 spiro atoms. The van der Waals surface area contributed by atoms with Gasteiger partial charge in [-0.3, -0.25) is 18.6 Å².